The van der Waals surface area contributed by atoms with Crippen molar-refractivity contribution in [1.29, 1.82) is 0 Å². The van der Waals surface area contributed by atoms with Crippen molar-refractivity contribution in [3.8, 4) is 11.8 Å². The summed E-state index contributed by atoms with van der Waals surface area (Å²) in [6, 6.07) is 6.87. The van der Waals surface area contributed by atoms with Crippen LogP contribution in [0, 0.1) is 11.8 Å². The summed E-state index contributed by atoms with van der Waals surface area (Å²) in [6.07, 6.45) is 0.310. The summed E-state index contributed by atoms with van der Waals surface area (Å²) < 4.78 is 0. The van der Waals surface area contributed by atoms with Gasteiger partial charge in [0.05, 0.1) is 12.1 Å². The Labute approximate surface area is 139 Å². The summed E-state index contributed by atoms with van der Waals surface area (Å²) in [5.41, 5.74) is 1.00. The van der Waals surface area contributed by atoms with Gasteiger partial charge in [-0.2, -0.15) is 0 Å². The SMILES string of the molecule is CNC(=O)c1ccccc1C#CCNC(=O)CN1C(=O)CCC1=O. The smallest absolute Gasteiger partial charge is 0.252 e. The normalized spacial score (nSPS) is 13.3. The third-order valence-electron chi connectivity index (χ3n) is 3.45. The van der Waals surface area contributed by atoms with E-state index in [0.717, 1.165) is 4.90 Å². The number of carbonyl (C=O) groups excluding carboxylic acids is 4. The number of nitrogens with one attached hydrogen (secondary N) is 2. The fourth-order valence-corrected chi connectivity index (χ4v) is 2.21. The Morgan fingerprint density at radius 1 is 1.17 bits per heavy atom. The number of amides is 4. The van der Waals surface area contributed by atoms with E-state index in [-0.39, 0.29) is 43.7 Å². The molecule has 0 spiro atoms. The van der Waals surface area contributed by atoms with Crippen LogP contribution in [-0.2, 0) is 14.4 Å². The van der Waals surface area contributed by atoms with E-state index in [2.05, 4.69) is 22.5 Å². The predicted molar refractivity (Wildman–Crippen MR) is 85.7 cm³/mol. The number of benzene rings is 1. The summed E-state index contributed by atoms with van der Waals surface area (Å²) in [4.78, 5) is 47.2. The van der Waals surface area contributed by atoms with E-state index in [4.69, 9.17) is 0 Å². The topological polar surface area (TPSA) is 95.6 Å². The molecule has 7 heteroatoms. The van der Waals surface area contributed by atoms with Crippen LogP contribution in [0.25, 0.3) is 0 Å². The lowest BCUT2D eigenvalue weighted by Gasteiger charge is -2.12. The van der Waals surface area contributed by atoms with Crippen LogP contribution in [0.3, 0.4) is 0 Å². The van der Waals surface area contributed by atoms with Gasteiger partial charge in [-0.25, -0.2) is 0 Å². The second kappa shape index (κ2) is 7.92. The maximum absolute atomic E-state index is 11.7. The van der Waals surface area contributed by atoms with Gasteiger partial charge in [-0.3, -0.25) is 24.1 Å². The minimum atomic E-state index is -0.451. The highest BCUT2D eigenvalue weighted by Crippen LogP contribution is 2.10. The number of rotatable bonds is 4. The fourth-order valence-electron chi connectivity index (χ4n) is 2.21. The van der Waals surface area contributed by atoms with E-state index in [1.807, 2.05) is 0 Å². The molecule has 0 atom stereocenters. The molecule has 1 aliphatic heterocycles. The molecule has 0 saturated carbocycles. The molecule has 1 heterocycles. The van der Waals surface area contributed by atoms with Crippen LogP contribution in [-0.4, -0.2) is 48.7 Å². The van der Waals surface area contributed by atoms with Gasteiger partial charge >= 0.3 is 0 Å². The largest absolute Gasteiger partial charge is 0.355 e. The average Bonchev–Trinajstić information content (AvgIpc) is 2.90. The van der Waals surface area contributed by atoms with Gasteiger partial charge < -0.3 is 10.6 Å². The van der Waals surface area contributed by atoms with Crippen LogP contribution < -0.4 is 10.6 Å². The highest BCUT2D eigenvalue weighted by Gasteiger charge is 2.30. The first-order chi connectivity index (χ1) is 11.5. The maximum atomic E-state index is 11.7. The quantitative estimate of drug-likeness (QED) is 0.584. The van der Waals surface area contributed by atoms with Gasteiger partial charge in [-0.1, -0.05) is 24.0 Å². The summed E-state index contributed by atoms with van der Waals surface area (Å²) in [6.45, 7) is -0.231. The summed E-state index contributed by atoms with van der Waals surface area (Å²) in [5.74, 6) is 4.21. The molecular weight excluding hydrogens is 310 g/mol. The van der Waals surface area contributed by atoms with Crippen LogP contribution in [0.2, 0.25) is 0 Å². The van der Waals surface area contributed by atoms with Crippen molar-refractivity contribution in [1.82, 2.24) is 15.5 Å². The summed E-state index contributed by atoms with van der Waals surface area (Å²) in [5, 5.41) is 5.06. The fraction of sp³-hybridized carbons (Fsp3) is 0.294. The second-order valence-electron chi connectivity index (χ2n) is 5.08. The van der Waals surface area contributed by atoms with Crippen LogP contribution in [0.15, 0.2) is 24.3 Å². The van der Waals surface area contributed by atoms with Crippen LogP contribution >= 0.6 is 0 Å². The molecule has 1 aromatic rings. The van der Waals surface area contributed by atoms with Gasteiger partial charge in [-0.05, 0) is 12.1 Å². The minimum absolute atomic E-state index is 0.0527. The Hall–Kier alpha value is -3.14. The highest BCUT2D eigenvalue weighted by molar-refractivity contribution is 6.04. The van der Waals surface area contributed by atoms with Crippen molar-refractivity contribution in [3.63, 3.8) is 0 Å². The highest BCUT2D eigenvalue weighted by atomic mass is 16.2. The van der Waals surface area contributed by atoms with Crippen LogP contribution in [0.1, 0.15) is 28.8 Å². The van der Waals surface area contributed by atoms with Gasteiger partial charge in [0.15, 0.2) is 0 Å². The maximum Gasteiger partial charge on any atom is 0.252 e. The van der Waals surface area contributed by atoms with Crippen molar-refractivity contribution in [3.05, 3.63) is 35.4 Å². The average molecular weight is 327 g/mol. The molecule has 0 radical (unpaired) electrons. The molecule has 2 rings (SSSR count). The number of nitrogens with zero attached hydrogens (tertiary/aromatic N) is 1. The monoisotopic (exact) mass is 327 g/mol. The number of hydrogen-bond acceptors (Lipinski definition) is 4. The lowest BCUT2D eigenvalue weighted by atomic mass is 10.1. The number of likely N-dealkylation sites (tertiary alicyclic amines) is 1. The Kier molecular flexibility index (Phi) is 5.68. The van der Waals surface area contributed by atoms with E-state index in [1.54, 1.807) is 24.3 Å². The lowest BCUT2D eigenvalue weighted by molar-refractivity contribution is -0.142. The Balaban J connectivity index is 1.90. The molecule has 0 unspecified atom stereocenters. The Morgan fingerprint density at radius 3 is 2.50 bits per heavy atom. The van der Waals surface area contributed by atoms with Crippen LogP contribution in [0.5, 0.6) is 0 Å². The number of imide groups is 1. The summed E-state index contributed by atoms with van der Waals surface area (Å²) in [7, 11) is 1.54. The van der Waals surface area contributed by atoms with Crippen LogP contribution in [0.4, 0.5) is 0 Å². The van der Waals surface area contributed by atoms with Gasteiger partial charge in [0.2, 0.25) is 17.7 Å². The zero-order chi connectivity index (χ0) is 17.5. The minimum Gasteiger partial charge on any atom is -0.355 e. The van der Waals surface area contributed by atoms with E-state index >= 15 is 0 Å². The molecule has 24 heavy (non-hydrogen) atoms. The Bertz CT molecular complexity index is 730. The van der Waals surface area contributed by atoms with E-state index in [0.29, 0.717) is 11.1 Å². The van der Waals surface area contributed by atoms with Crippen molar-refractivity contribution < 1.29 is 19.2 Å². The van der Waals surface area contributed by atoms with E-state index in [9.17, 15) is 19.2 Å². The van der Waals surface area contributed by atoms with Crippen molar-refractivity contribution in [2.75, 3.05) is 20.1 Å². The zero-order valence-corrected chi connectivity index (χ0v) is 13.2. The molecule has 2 N–H and O–H groups in total. The molecular formula is C17H17N3O4. The molecule has 0 aromatic heterocycles. The first kappa shape index (κ1) is 17.2. The molecule has 1 fully saturated rings. The first-order valence-electron chi connectivity index (χ1n) is 7.43. The third kappa shape index (κ3) is 4.20. The molecule has 1 aliphatic rings. The van der Waals surface area contributed by atoms with Gasteiger partial charge in [0.25, 0.3) is 5.91 Å². The first-order valence-corrected chi connectivity index (χ1v) is 7.43. The van der Waals surface area contributed by atoms with Crippen molar-refractivity contribution >= 4 is 23.6 Å². The number of hydrogen-bond donors (Lipinski definition) is 2. The van der Waals surface area contributed by atoms with E-state index < -0.39 is 5.91 Å². The molecule has 0 bridgehead atoms. The van der Waals surface area contributed by atoms with E-state index in [1.165, 1.54) is 7.05 Å². The molecule has 0 aliphatic carbocycles. The predicted octanol–water partition coefficient (Wildman–Crippen LogP) is -0.337. The molecule has 1 aromatic carbocycles. The van der Waals surface area contributed by atoms with Crippen molar-refractivity contribution in [2.24, 2.45) is 0 Å². The standard InChI is InChI=1S/C17H17N3O4/c1-18-17(24)13-7-3-2-5-12(13)6-4-10-19-14(21)11-20-15(22)8-9-16(20)23/h2-3,5,7H,8-11H2,1H3,(H,18,24)(H,19,21). The van der Waals surface area contributed by atoms with Gasteiger partial charge in [-0.15, -0.1) is 0 Å². The molecule has 124 valence electrons. The lowest BCUT2D eigenvalue weighted by Crippen LogP contribution is -2.40. The molecule has 4 amide bonds. The second-order valence-corrected chi connectivity index (χ2v) is 5.08. The zero-order valence-electron chi connectivity index (χ0n) is 13.2. The third-order valence-corrected chi connectivity index (χ3v) is 3.45. The Morgan fingerprint density at radius 2 is 1.83 bits per heavy atom. The number of carbonyl (C=O) groups is 4. The van der Waals surface area contributed by atoms with Gasteiger partial charge in [0, 0.05) is 25.5 Å². The summed E-state index contributed by atoms with van der Waals surface area (Å²) >= 11 is 0. The van der Waals surface area contributed by atoms with Crippen molar-refractivity contribution in [2.45, 2.75) is 12.8 Å². The molecule has 1 saturated heterocycles. The molecule has 7 nitrogen and oxygen atoms in total. The van der Waals surface area contributed by atoms with Gasteiger partial charge in [0.1, 0.15) is 6.54 Å².